The number of imide groups is 1. The van der Waals surface area contributed by atoms with Crippen molar-refractivity contribution < 1.29 is 14.7 Å². The molecule has 2 aliphatic heterocycles. The van der Waals surface area contributed by atoms with Crippen LogP contribution >= 0.6 is 15.9 Å². The van der Waals surface area contributed by atoms with Gasteiger partial charge in [0.2, 0.25) is 0 Å². The lowest BCUT2D eigenvalue weighted by atomic mass is 9.81. The molecule has 8 heteroatoms. The highest BCUT2D eigenvalue weighted by Crippen LogP contribution is 2.49. The molecule has 0 aliphatic carbocycles. The van der Waals surface area contributed by atoms with Crippen molar-refractivity contribution in [2.45, 2.75) is 24.9 Å². The minimum atomic E-state index is -1.01. The van der Waals surface area contributed by atoms with Gasteiger partial charge in [0.25, 0.3) is 5.91 Å². The van der Waals surface area contributed by atoms with Crippen molar-refractivity contribution in [3.63, 3.8) is 0 Å². The van der Waals surface area contributed by atoms with Crippen LogP contribution < -0.4 is 5.32 Å². The van der Waals surface area contributed by atoms with Crippen molar-refractivity contribution in [1.82, 2.24) is 20.1 Å². The van der Waals surface area contributed by atoms with Crippen molar-refractivity contribution in [2.24, 2.45) is 0 Å². The Labute approximate surface area is 188 Å². The third-order valence-electron chi connectivity index (χ3n) is 6.40. The topological polar surface area (TPSA) is 88.7 Å². The molecule has 5 rings (SSSR count). The zero-order valence-corrected chi connectivity index (χ0v) is 18.9. The summed E-state index contributed by atoms with van der Waals surface area (Å²) in [6.07, 6.45) is 0.425. The standard InChI is InChI=1S/C23H23BrN4O3/c1-23-12-17-16-11-14(24)6-7-18(16)26-19(17)20(13-4-3-5-15(29)10-13)28(23)22(31)27(21(23)30)9-8-25-2/h3-7,10-11,20,25-26,29H,8-9,12H2,1-2H3. The number of nitrogens with zero attached hydrogens (tertiary/aromatic N) is 2. The number of rotatable bonds is 4. The number of benzene rings is 2. The molecule has 3 amide bonds. The van der Waals surface area contributed by atoms with E-state index in [-0.39, 0.29) is 17.7 Å². The number of carbonyl (C=O) groups is 2. The zero-order chi connectivity index (χ0) is 21.9. The highest BCUT2D eigenvalue weighted by atomic mass is 79.9. The lowest BCUT2D eigenvalue weighted by Gasteiger charge is -2.42. The molecule has 3 heterocycles. The molecule has 2 unspecified atom stereocenters. The van der Waals surface area contributed by atoms with Gasteiger partial charge in [-0.15, -0.1) is 0 Å². The van der Waals surface area contributed by atoms with Crippen molar-refractivity contribution in [3.8, 4) is 5.75 Å². The summed E-state index contributed by atoms with van der Waals surface area (Å²) in [5, 5.41) is 14.2. The molecule has 3 aromatic rings. The number of aromatic nitrogens is 1. The molecular weight excluding hydrogens is 460 g/mol. The molecular formula is C23H23BrN4O3. The number of nitrogens with one attached hydrogen (secondary N) is 2. The number of aromatic amines is 1. The summed E-state index contributed by atoms with van der Waals surface area (Å²) >= 11 is 3.55. The molecule has 160 valence electrons. The molecule has 1 fully saturated rings. The quantitative estimate of drug-likeness (QED) is 0.496. The molecule has 0 spiro atoms. The van der Waals surface area contributed by atoms with Crippen LogP contribution in [0.5, 0.6) is 5.75 Å². The van der Waals surface area contributed by atoms with E-state index >= 15 is 0 Å². The van der Waals surface area contributed by atoms with Crippen LogP contribution in [0.25, 0.3) is 10.9 Å². The summed E-state index contributed by atoms with van der Waals surface area (Å²) < 4.78 is 0.952. The van der Waals surface area contributed by atoms with Crippen molar-refractivity contribution in [3.05, 3.63) is 63.8 Å². The lowest BCUT2D eigenvalue weighted by molar-refractivity contribution is -0.133. The van der Waals surface area contributed by atoms with Crippen LogP contribution in [0.3, 0.4) is 0 Å². The van der Waals surface area contributed by atoms with Crippen molar-refractivity contribution in [1.29, 1.82) is 0 Å². The fourth-order valence-electron chi connectivity index (χ4n) is 4.95. The number of H-pyrrole nitrogens is 1. The largest absolute Gasteiger partial charge is 0.508 e. The molecule has 7 nitrogen and oxygen atoms in total. The van der Waals surface area contributed by atoms with E-state index in [0.717, 1.165) is 32.2 Å². The van der Waals surface area contributed by atoms with E-state index < -0.39 is 11.6 Å². The maximum atomic E-state index is 13.5. The first-order valence-electron chi connectivity index (χ1n) is 10.2. The molecule has 2 atom stereocenters. The van der Waals surface area contributed by atoms with Gasteiger partial charge < -0.3 is 15.4 Å². The molecule has 0 radical (unpaired) electrons. The van der Waals surface area contributed by atoms with Gasteiger partial charge in [-0.25, -0.2) is 4.79 Å². The smallest absolute Gasteiger partial charge is 0.328 e. The third kappa shape index (κ3) is 2.89. The van der Waals surface area contributed by atoms with Crippen molar-refractivity contribution >= 4 is 38.8 Å². The molecule has 0 saturated carbocycles. The van der Waals surface area contributed by atoms with E-state index in [9.17, 15) is 14.7 Å². The Balaban J connectivity index is 1.75. The molecule has 2 aliphatic rings. The summed E-state index contributed by atoms with van der Waals surface area (Å²) in [7, 11) is 1.80. The minimum absolute atomic E-state index is 0.121. The average Bonchev–Trinajstić information content (AvgIpc) is 3.17. The summed E-state index contributed by atoms with van der Waals surface area (Å²) in [6.45, 7) is 2.69. The highest BCUT2D eigenvalue weighted by Gasteiger charge is 2.60. The Morgan fingerprint density at radius 3 is 2.81 bits per heavy atom. The first kappa shape index (κ1) is 20.1. The van der Waals surface area contributed by atoms with Crippen LogP contribution in [0.2, 0.25) is 0 Å². The van der Waals surface area contributed by atoms with Crippen LogP contribution in [-0.4, -0.2) is 57.5 Å². The third-order valence-corrected chi connectivity index (χ3v) is 6.89. The van der Waals surface area contributed by atoms with Crippen LogP contribution in [-0.2, 0) is 11.2 Å². The number of likely N-dealkylation sites (N-methyl/N-ethyl adjacent to an activating group) is 1. The first-order chi connectivity index (χ1) is 14.8. The predicted octanol–water partition coefficient (Wildman–Crippen LogP) is 3.52. The normalized spacial score (nSPS) is 22.9. The Hall–Kier alpha value is -2.84. The number of amides is 3. The lowest BCUT2D eigenvalue weighted by Crippen LogP contribution is -2.53. The first-order valence-corrected chi connectivity index (χ1v) is 11.0. The molecule has 31 heavy (non-hydrogen) atoms. The van der Waals surface area contributed by atoms with E-state index in [1.165, 1.54) is 4.90 Å². The van der Waals surface area contributed by atoms with E-state index in [4.69, 9.17) is 0 Å². The monoisotopic (exact) mass is 482 g/mol. The second kappa shape index (κ2) is 7.10. The summed E-state index contributed by atoms with van der Waals surface area (Å²) in [4.78, 5) is 33.6. The predicted molar refractivity (Wildman–Crippen MR) is 121 cm³/mol. The molecule has 0 bridgehead atoms. The van der Waals surface area contributed by atoms with Gasteiger partial charge in [0, 0.05) is 40.6 Å². The molecule has 1 saturated heterocycles. The van der Waals surface area contributed by atoms with Gasteiger partial charge in [-0.3, -0.25) is 14.6 Å². The van der Waals surface area contributed by atoms with E-state index in [1.807, 2.05) is 31.2 Å². The number of hydrogen-bond acceptors (Lipinski definition) is 4. The second-order valence-corrected chi connectivity index (χ2v) is 9.28. The van der Waals surface area contributed by atoms with Gasteiger partial charge in [0.1, 0.15) is 17.3 Å². The number of phenols is 1. The minimum Gasteiger partial charge on any atom is -0.508 e. The van der Waals surface area contributed by atoms with Gasteiger partial charge in [-0.05, 0) is 55.4 Å². The van der Waals surface area contributed by atoms with Crippen molar-refractivity contribution in [2.75, 3.05) is 20.1 Å². The Bertz CT molecular complexity index is 1220. The molecule has 1 aromatic heterocycles. The fourth-order valence-corrected chi connectivity index (χ4v) is 5.31. The SMILES string of the molecule is CNCCN1C(=O)N2C(c3cccc(O)c3)c3[nH]c4ccc(Br)cc4c3CC2(C)C1=O. The number of fused-ring (bicyclic) bond motifs is 4. The van der Waals surface area contributed by atoms with Gasteiger partial charge in [-0.2, -0.15) is 0 Å². The van der Waals surface area contributed by atoms with Gasteiger partial charge >= 0.3 is 6.03 Å². The number of phenolic OH excluding ortho intramolecular Hbond substituents is 1. The number of halogens is 1. The van der Waals surface area contributed by atoms with Gasteiger partial charge in [-0.1, -0.05) is 28.1 Å². The van der Waals surface area contributed by atoms with E-state index in [2.05, 4.69) is 26.2 Å². The Morgan fingerprint density at radius 1 is 1.26 bits per heavy atom. The maximum absolute atomic E-state index is 13.5. The van der Waals surface area contributed by atoms with Crippen LogP contribution in [0.1, 0.15) is 29.8 Å². The average molecular weight is 483 g/mol. The highest BCUT2D eigenvalue weighted by molar-refractivity contribution is 9.10. The van der Waals surface area contributed by atoms with Crippen LogP contribution in [0, 0.1) is 0 Å². The van der Waals surface area contributed by atoms with Gasteiger partial charge in [0.15, 0.2) is 0 Å². The zero-order valence-electron chi connectivity index (χ0n) is 17.3. The summed E-state index contributed by atoms with van der Waals surface area (Å²) in [6, 6.07) is 12.1. The summed E-state index contributed by atoms with van der Waals surface area (Å²) in [5.74, 6) is -0.0666. The van der Waals surface area contributed by atoms with E-state index in [0.29, 0.717) is 19.5 Å². The Kier molecular flexibility index (Phi) is 4.60. The van der Waals surface area contributed by atoms with Gasteiger partial charge in [0.05, 0.1) is 0 Å². The molecule has 3 N–H and O–H groups in total. The fraction of sp³-hybridized carbons (Fsp3) is 0.304. The van der Waals surface area contributed by atoms with E-state index in [1.54, 1.807) is 30.1 Å². The maximum Gasteiger partial charge on any atom is 0.328 e. The number of carbonyl (C=O) groups excluding carboxylic acids is 2. The Morgan fingerprint density at radius 2 is 2.06 bits per heavy atom. The second-order valence-electron chi connectivity index (χ2n) is 8.37. The number of aromatic hydroxyl groups is 1. The molecule has 2 aromatic carbocycles. The van der Waals surface area contributed by atoms with Crippen LogP contribution in [0.15, 0.2) is 46.9 Å². The number of hydrogen-bond donors (Lipinski definition) is 3. The summed E-state index contributed by atoms with van der Waals surface area (Å²) in [5.41, 5.74) is 2.61. The van der Waals surface area contributed by atoms with Crippen LogP contribution in [0.4, 0.5) is 4.79 Å². The number of urea groups is 1.